The number of carboxylic acids is 1. The first-order valence-corrected chi connectivity index (χ1v) is 13.7. The lowest BCUT2D eigenvalue weighted by atomic mass is 9.94. The molecule has 11 nitrogen and oxygen atoms in total. The van der Waals surface area contributed by atoms with Crippen molar-refractivity contribution in [1.82, 2.24) is 5.09 Å². The van der Waals surface area contributed by atoms with Crippen LogP contribution >= 0.6 is 7.52 Å². The molecular weight excluding hydrogens is 505 g/mol. The molecule has 2 atom stereocenters. The lowest BCUT2D eigenvalue weighted by Gasteiger charge is -2.26. The summed E-state index contributed by atoms with van der Waals surface area (Å²) in [7, 11) is -1.13. The van der Waals surface area contributed by atoms with Gasteiger partial charge in [0.1, 0.15) is 36.1 Å². The number of carbonyl (C=O) groups excluding carboxylic acids is 2. The van der Waals surface area contributed by atoms with Gasteiger partial charge in [0.25, 0.3) is 0 Å². The third-order valence-corrected chi connectivity index (χ3v) is 7.50. The average molecular weight is 542 g/mol. The van der Waals surface area contributed by atoms with Crippen molar-refractivity contribution in [3.8, 4) is 11.5 Å². The molecule has 12 heteroatoms. The number of methoxy groups -OCH3 is 2. The number of cyclic esters (lactones) is 1. The Balaban J connectivity index is 2.59. The van der Waals surface area contributed by atoms with Crippen molar-refractivity contribution in [2.75, 3.05) is 20.6 Å². The maximum atomic E-state index is 13.9. The Kier molecular flexibility index (Phi) is 10.7. The Hall–Kier alpha value is -2.88. The lowest BCUT2D eigenvalue weighted by Crippen LogP contribution is -2.36. The summed E-state index contributed by atoms with van der Waals surface area (Å²) in [5, 5.41) is 11.7. The van der Waals surface area contributed by atoms with Crippen LogP contribution in [0.4, 0.5) is 0 Å². The molecule has 0 saturated carbocycles. The van der Waals surface area contributed by atoms with Crippen molar-refractivity contribution in [1.29, 1.82) is 0 Å². The van der Waals surface area contributed by atoms with E-state index >= 15 is 0 Å². The average Bonchev–Trinajstić information content (AvgIpc) is 3.19. The molecule has 1 aliphatic rings. The van der Waals surface area contributed by atoms with Crippen LogP contribution < -0.4 is 14.3 Å². The van der Waals surface area contributed by atoms with E-state index in [9.17, 15) is 18.9 Å². The summed E-state index contributed by atoms with van der Waals surface area (Å²) in [6.45, 7) is 8.46. The van der Waals surface area contributed by atoms with Crippen molar-refractivity contribution in [3.63, 3.8) is 0 Å². The molecule has 0 fully saturated rings. The molecule has 0 saturated heterocycles. The topological polar surface area (TPSA) is 147 Å². The minimum Gasteiger partial charge on any atom is -0.496 e. The Bertz CT molecular complexity index is 1110. The molecule has 1 aromatic carbocycles. The van der Waals surface area contributed by atoms with Gasteiger partial charge >= 0.3 is 25.4 Å². The molecule has 206 valence electrons. The minimum absolute atomic E-state index is 0.000393. The van der Waals surface area contributed by atoms with Crippen molar-refractivity contribution < 1.29 is 47.5 Å². The van der Waals surface area contributed by atoms with Crippen LogP contribution in [0.25, 0.3) is 0 Å². The molecule has 0 aliphatic carbocycles. The number of benzene rings is 1. The summed E-state index contributed by atoms with van der Waals surface area (Å²) in [6, 6.07) is -1.00. The molecule has 0 bridgehead atoms. The van der Waals surface area contributed by atoms with Gasteiger partial charge in [0, 0.05) is 24.7 Å². The predicted octanol–water partition coefficient (Wildman–Crippen LogP) is 4.13. The Labute approximate surface area is 216 Å². The Morgan fingerprint density at radius 2 is 1.86 bits per heavy atom. The quantitative estimate of drug-likeness (QED) is 0.199. The van der Waals surface area contributed by atoms with Gasteiger partial charge in [0.05, 0.1) is 13.2 Å². The van der Waals surface area contributed by atoms with Crippen LogP contribution in [0, 0.1) is 6.92 Å². The van der Waals surface area contributed by atoms with Gasteiger partial charge in [-0.1, -0.05) is 11.6 Å². The number of rotatable bonds is 14. The number of hydrogen-bond donors (Lipinski definition) is 2. The highest BCUT2D eigenvalue weighted by Crippen LogP contribution is 2.51. The van der Waals surface area contributed by atoms with Crippen molar-refractivity contribution in [2.24, 2.45) is 0 Å². The van der Waals surface area contributed by atoms with Gasteiger partial charge in [-0.25, -0.2) is 9.88 Å². The number of hydrogen-bond acceptors (Lipinski definition) is 9. The summed E-state index contributed by atoms with van der Waals surface area (Å²) in [5.41, 5.74) is 2.58. The highest BCUT2D eigenvalue weighted by molar-refractivity contribution is 7.57. The SMILES string of the molecule is COCP(=O)(NC(C)C(=O)OC(C)C)Oc1c(C/C=C(\C)CCC(=O)O)c(OC)c(C)c2c1C(=O)OC2. The summed E-state index contributed by atoms with van der Waals surface area (Å²) >= 11 is 0. The second-order valence-electron chi connectivity index (χ2n) is 9.06. The number of esters is 2. The summed E-state index contributed by atoms with van der Waals surface area (Å²) in [4.78, 5) is 36.1. The van der Waals surface area contributed by atoms with Gasteiger partial charge in [-0.15, -0.1) is 0 Å². The van der Waals surface area contributed by atoms with E-state index in [0.29, 0.717) is 28.9 Å². The number of ether oxygens (including phenoxy) is 4. The zero-order valence-corrected chi connectivity index (χ0v) is 23.2. The number of aliphatic carboxylic acids is 1. The molecule has 0 radical (unpaired) electrons. The van der Waals surface area contributed by atoms with E-state index in [1.165, 1.54) is 21.1 Å². The molecule has 1 heterocycles. The number of allylic oxidation sites excluding steroid dienone is 2. The highest BCUT2D eigenvalue weighted by Gasteiger charge is 2.38. The van der Waals surface area contributed by atoms with Crippen LogP contribution in [0.3, 0.4) is 0 Å². The summed E-state index contributed by atoms with van der Waals surface area (Å²) < 4.78 is 41.2. The van der Waals surface area contributed by atoms with Crippen LogP contribution in [-0.4, -0.2) is 55.7 Å². The van der Waals surface area contributed by atoms with E-state index in [1.54, 1.807) is 33.8 Å². The van der Waals surface area contributed by atoms with Crippen LogP contribution in [0.2, 0.25) is 0 Å². The monoisotopic (exact) mass is 541 g/mol. The second kappa shape index (κ2) is 13.1. The van der Waals surface area contributed by atoms with Gasteiger partial charge in [-0.3, -0.25) is 14.2 Å². The van der Waals surface area contributed by atoms with Gasteiger partial charge in [-0.2, -0.15) is 0 Å². The summed E-state index contributed by atoms with van der Waals surface area (Å²) in [5.74, 6) is -1.76. The number of carboxylic acid groups (broad SMARTS) is 1. The van der Waals surface area contributed by atoms with Crippen molar-refractivity contribution in [3.05, 3.63) is 33.9 Å². The van der Waals surface area contributed by atoms with E-state index < -0.39 is 37.8 Å². The van der Waals surface area contributed by atoms with E-state index in [1.807, 2.05) is 0 Å². The first-order valence-electron chi connectivity index (χ1n) is 11.9. The second-order valence-corrected chi connectivity index (χ2v) is 11.1. The first kappa shape index (κ1) is 30.3. The van der Waals surface area contributed by atoms with Gasteiger partial charge in [0.2, 0.25) is 0 Å². The fraction of sp³-hybridized carbons (Fsp3) is 0.560. The van der Waals surface area contributed by atoms with E-state index in [4.69, 9.17) is 28.6 Å². The molecule has 1 aromatic rings. The number of carbonyl (C=O) groups is 3. The van der Waals surface area contributed by atoms with Gasteiger partial charge < -0.3 is 28.6 Å². The fourth-order valence-electron chi connectivity index (χ4n) is 3.88. The fourth-order valence-corrected chi connectivity index (χ4v) is 5.59. The molecule has 0 amide bonds. The predicted molar refractivity (Wildman–Crippen MR) is 135 cm³/mol. The number of fused-ring (bicyclic) bond motifs is 1. The third kappa shape index (κ3) is 7.80. The zero-order chi connectivity index (χ0) is 27.9. The zero-order valence-electron chi connectivity index (χ0n) is 22.3. The number of nitrogens with one attached hydrogen (secondary N) is 1. The third-order valence-electron chi connectivity index (χ3n) is 5.65. The maximum absolute atomic E-state index is 13.9. The molecule has 2 N–H and O–H groups in total. The van der Waals surface area contributed by atoms with E-state index in [0.717, 1.165) is 5.57 Å². The minimum atomic E-state index is -3.93. The van der Waals surface area contributed by atoms with Gasteiger partial charge in [-0.05, 0) is 53.0 Å². The maximum Gasteiger partial charge on any atom is 0.342 e. The van der Waals surface area contributed by atoms with Crippen LogP contribution in [0.5, 0.6) is 11.5 Å². The van der Waals surface area contributed by atoms with Crippen LogP contribution in [0.1, 0.15) is 67.6 Å². The summed E-state index contributed by atoms with van der Waals surface area (Å²) in [6.07, 6.45) is 1.52. The molecule has 0 spiro atoms. The van der Waals surface area contributed by atoms with Crippen molar-refractivity contribution in [2.45, 2.75) is 72.6 Å². The Morgan fingerprint density at radius 1 is 1.19 bits per heavy atom. The van der Waals surface area contributed by atoms with E-state index in [2.05, 4.69) is 5.09 Å². The molecule has 0 aromatic heterocycles. The molecule has 1 aliphatic heterocycles. The molecule has 2 rings (SSSR count). The van der Waals surface area contributed by atoms with Crippen LogP contribution in [-0.2, 0) is 41.4 Å². The van der Waals surface area contributed by atoms with Gasteiger partial charge in [0.15, 0.2) is 0 Å². The molecule has 37 heavy (non-hydrogen) atoms. The molecule has 2 unspecified atom stereocenters. The first-order chi connectivity index (χ1) is 17.3. The Morgan fingerprint density at radius 3 is 2.43 bits per heavy atom. The van der Waals surface area contributed by atoms with Crippen molar-refractivity contribution >= 4 is 25.4 Å². The standard InChI is InChI=1S/C25H36NO10P/c1-14(2)35-24(29)17(5)26-37(31,13-32-6)36-23-18(10-8-15(3)9-11-20(27)28)22(33-7)16(4)19-12-34-25(30)21(19)23/h8,14,17H,9-13H2,1-7H3,(H,26,31)(H,27,28)/b15-8+. The van der Waals surface area contributed by atoms with Crippen LogP contribution in [0.15, 0.2) is 11.6 Å². The smallest absolute Gasteiger partial charge is 0.342 e. The highest BCUT2D eigenvalue weighted by atomic mass is 31.2. The van der Waals surface area contributed by atoms with E-state index in [-0.39, 0.29) is 36.9 Å². The lowest BCUT2D eigenvalue weighted by molar-refractivity contribution is -0.149. The molecular formula is C25H36NO10P. The largest absolute Gasteiger partial charge is 0.496 e. The normalized spacial score (nSPS) is 15.6.